The van der Waals surface area contributed by atoms with Crippen molar-refractivity contribution < 1.29 is 4.74 Å². The van der Waals surface area contributed by atoms with E-state index in [0.29, 0.717) is 6.61 Å². The van der Waals surface area contributed by atoms with E-state index in [-0.39, 0.29) is 5.38 Å². The van der Waals surface area contributed by atoms with Gasteiger partial charge in [0, 0.05) is 11.5 Å². The van der Waals surface area contributed by atoms with Crippen LogP contribution in [0.1, 0.15) is 6.42 Å². The molecular weight excluding hydrogens is 142 g/mol. The van der Waals surface area contributed by atoms with Gasteiger partial charge in [0.1, 0.15) is 0 Å². The van der Waals surface area contributed by atoms with Gasteiger partial charge in [-0.1, -0.05) is 5.11 Å². The van der Waals surface area contributed by atoms with Crippen LogP contribution in [0.25, 0.3) is 10.4 Å². The Morgan fingerprint density at radius 1 is 1.78 bits per heavy atom. The molecule has 1 aliphatic rings. The first-order valence-corrected chi connectivity index (χ1v) is 3.08. The number of halogens is 1. The maximum absolute atomic E-state index is 7.96. The minimum Gasteiger partial charge on any atom is -0.371 e. The lowest BCUT2D eigenvalue weighted by Gasteiger charge is -2.02. The van der Waals surface area contributed by atoms with Gasteiger partial charge in [-0.2, -0.15) is 0 Å². The highest BCUT2D eigenvalue weighted by Crippen LogP contribution is 2.19. The van der Waals surface area contributed by atoms with Crippen LogP contribution in [0, 0.1) is 0 Å². The standard InChI is InChI=1S/C4H6ClN3O/c5-3-1-2-9-4(3)7-8-6/h3-4H,1-2H2. The minimum atomic E-state index is -0.448. The van der Waals surface area contributed by atoms with E-state index in [0.717, 1.165) is 6.42 Å². The van der Waals surface area contributed by atoms with E-state index in [1.54, 1.807) is 0 Å². The molecule has 4 nitrogen and oxygen atoms in total. The monoisotopic (exact) mass is 147 g/mol. The van der Waals surface area contributed by atoms with E-state index in [2.05, 4.69) is 10.0 Å². The Labute approximate surface area is 57.4 Å². The maximum atomic E-state index is 7.96. The summed E-state index contributed by atoms with van der Waals surface area (Å²) >= 11 is 5.67. The quantitative estimate of drug-likeness (QED) is 0.241. The molecule has 0 aliphatic carbocycles. The first-order valence-electron chi connectivity index (χ1n) is 2.64. The van der Waals surface area contributed by atoms with Gasteiger partial charge in [0.05, 0.1) is 5.38 Å². The van der Waals surface area contributed by atoms with Gasteiger partial charge in [-0.05, 0) is 12.0 Å². The molecule has 1 saturated heterocycles. The predicted octanol–water partition coefficient (Wildman–Crippen LogP) is 1.65. The Hall–Kier alpha value is -0.440. The van der Waals surface area contributed by atoms with Crippen LogP contribution in [0.2, 0.25) is 0 Å². The zero-order chi connectivity index (χ0) is 6.69. The lowest BCUT2D eigenvalue weighted by molar-refractivity contribution is 0.118. The van der Waals surface area contributed by atoms with Crippen LogP contribution in [0.15, 0.2) is 5.11 Å². The van der Waals surface area contributed by atoms with Crippen molar-refractivity contribution in [3.05, 3.63) is 10.4 Å². The topological polar surface area (TPSA) is 58.0 Å². The number of hydrogen-bond donors (Lipinski definition) is 0. The highest BCUT2D eigenvalue weighted by Gasteiger charge is 2.24. The van der Waals surface area contributed by atoms with Crippen molar-refractivity contribution in [1.82, 2.24) is 0 Å². The molecule has 0 spiro atoms. The number of azide groups is 1. The van der Waals surface area contributed by atoms with E-state index >= 15 is 0 Å². The summed E-state index contributed by atoms with van der Waals surface area (Å²) in [6.07, 6.45) is 0.322. The SMILES string of the molecule is [N-]=[N+]=NC1OCCC1Cl. The van der Waals surface area contributed by atoms with Crippen LogP contribution in [0.3, 0.4) is 0 Å². The Kier molecular flexibility index (Phi) is 2.16. The summed E-state index contributed by atoms with van der Waals surface area (Å²) in [5.41, 5.74) is 7.96. The van der Waals surface area contributed by atoms with Gasteiger partial charge in [-0.15, -0.1) is 11.6 Å². The molecule has 50 valence electrons. The lowest BCUT2D eigenvalue weighted by atomic mass is 10.3. The third-order valence-corrected chi connectivity index (χ3v) is 1.59. The van der Waals surface area contributed by atoms with Gasteiger partial charge < -0.3 is 4.74 Å². The number of rotatable bonds is 1. The van der Waals surface area contributed by atoms with Gasteiger partial charge in [0.25, 0.3) is 0 Å². The molecule has 5 heteroatoms. The van der Waals surface area contributed by atoms with E-state index in [4.69, 9.17) is 21.9 Å². The highest BCUT2D eigenvalue weighted by molar-refractivity contribution is 6.21. The number of ether oxygens (including phenoxy) is 1. The minimum absolute atomic E-state index is 0.138. The fourth-order valence-corrected chi connectivity index (χ4v) is 0.917. The zero-order valence-corrected chi connectivity index (χ0v) is 5.45. The van der Waals surface area contributed by atoms with Crippen molar-refractivity contribution in [2.45, 2.75) is 18.0 Å². The normalized spacial score (nSPS) is 33.9. The van der Waals surface area contributed by atoms with Crippen molar-refractivity contribution >= 4 is 11.6 Å². The van der Waals surface area contributed by atoms with Crippen molar-refractivity contribution in [3.63, 3.8) is 0 Å². The predicted molar refractivity (Wildman–Crippen MR) is 33.1 cm³/mol. The van der Waals surface area contributed by atoms with E-state index < -0.39 is 6.23 Å². The molecule has 2 atom stereocenters. The van der Waals surface area contributed by atoms with E-state index in [1.807, 2.05) is 0 Å². The summed E-state index contributed by atoms with van der Waals surface area (Å²) in [6.45, 7) is 0.595. The molecule has 0 saturated carbocycles. The van der Waals surface area contributed by atoms with Crippen LogP contribution < -0.4 is 0 Å². The highest BCUT2D eigenvalue weighted by atomic mass is 35.5. The second kappa shape index (κ2) is 2.92. The summed E-state index contributed by atoms with van der Waals surface area (Å²) < 4.78 is 4.95. The van der Waals surface area contributed by atoms with Gasteiger partial charge in [-0.3, -0.25) is 0 Å². The van der Waals surface area contributed by atoms with Crippen molar-refractivity contribution in [3.8, 4) is 0 Å². The van der Waals surface area contributed by atoms with Crippen LogP contribution in [0.5, 0.6) is 0 Å². The Bertz CT molecular complexity index is 145. The molecule has 2 unspecified atom stereocenters. The third-order valence-electron chi connectivity index (χ3n) is 1.16. The summed E-state index contributed by atoms with van der Waals surface area (Å²) in [5, 5.41) is 3.19. The van der Waals surface area contributed by atoms with Crippen LogP contribution in [-0.2, 0) is 4.74 Å². The molecule has 0 radical (unpaired) electrons. The molecule has 0 bridgehead atoms. The Balaban J connectivity index is 2.49. The second-order valence-electron chi connectivity index (χ2n) is 1.77. The summed E-state index contributed by atoms with van der Waals surface area (Å²) in [4.78, 5) is 2.58. The van der Waals surface area contributed by atoms with Crippen molar-refractivity contribution in [2.24, 2.45) is 5.11 Å². The van der Waals surface area contributed by atoms with Crippen LogP contribution in [0.4, 0.5) is 0 Å². The molecule has 1 fully saturated rings. The molecule has 1 aliphatic heterocycles. The number of nitrogens with zero attached hydrogens (tertiary/aromatic N) is 3. The molecule has 9 heavy (non-hydrogen) atoms. The third kappa shape index (κ3) is 1.48. The Morgan fingerprint density at radius 2 is 2.56 bits per heavy atom. The van der Waals surface area contributed by atoms with Gasteiger partial charge in [0.2, 0.25) is 0 Å². The lowest BCUT2D eigenvalue weighted by Crippen LogP contribution is -2.10. The van der Waals surface area contributed by atoms with E-state index in [1.165, 1.54) is 0 Å². The first-order chi connectivity index (χ1) is 4.34. The smallest absolute Gasteiger partial charge is 0.152 e. The average molecular weight is 148 g/mol. The first kappa shape index (κ1) is 6.68. The molecule has 0 aromatic heterocycles. The summed E-state index contributed by atoms with van der Waals surface area (Å²) in [5.74, 6) is 0. The van der Waals surface area contributed by atoms with Crippen molar-refractivity contribution in [1.29, 1.82) is 0 Å². The van der Waals surface area contributed by atoms with Gasteiger partial charge >= 0.3 is 0 Å². The molecule has 1 heterocycles. The Morgan fingerprint density at radius 3 is 3.00 bits per heavy atom. The largest absolute Gasteiger partial charge is 0.371 e. The van der Waals surface area contributed by atoms with E-state index in [9.17, 15) is 0 Å². The maximum Gasteiger partial charge on any atom is 0.152 e. The number of alkyl halides is 1. The molecular formula is C4H6ClN3O. The van der Waals surface area contributed by atoms with Crippen LogP contribution >= 0.6 is 11.6 Å². The zero-order valence-electron chi connectivity index (χ0n) is 4.70. The molecule has 0 amide bonds. The molecule has 0 aromatic carbocycles. The van der Waals surface area contributed by atoms with Gasteiger partial charge in [-0.25, -0.2) is 0 Å². The van der Waals surface area contributed by atoms with Gasteiger partial charge in [0.15, 0.2) is 6.23 Å². The fourth-order valence-electron chi connectivity index (χ4n) is 0.705. The van der Waals surface area contributed by atoms with Crippen molar-refractivity contribution in [2.75, 3.05) is 6.61 Å². The fraction of sp³-hybridized carbons (Fsp3) is 1.00. The summed E-state index contributed by atoms with van der Waals surface area (Å²) in [7, 11) is 0. The summed E-state index contributed by atoms with van der Waals surface area (Å²) in [6, 6.07) is 0. The average Bonchev–Trinajstić information content (AvgIpc) is 2.18. The molecule has 0 N–H and O–H groups in total. The molecule has 1 rings (SSSR count). The second-order valence-corrected chi connectivity index (χ2v) is 2.33. The number of hydrogen-bond acceptors (Lipinski definition) is 2. The van der Waals surface area contributed by atoms with Crippen LogP contribution in [-0.4, -0.2) is 18.2 Å². The molecule has 0 aromatic rings.